The number of nitrogens with zero attached hydrogens (tertiary/aromatic N) is 2. The fraction of sp³-hybridized carbons (Fsp3) is 0.231. The molecule has 1 aromatic heterocycles. The minimum Gasteiger partial charge on any atom is -0.484 e. The van der Waals surface area contributed by atoms with Gasteiger partial charge in [-0.1, -0.05) is 12.1 Å². The van der Waals surface area contributed by atoms with E-state index in [1.54, 1.807) is 30.6 Å². The van der Waals surface area contributed by atoms with Crippen LogP contribution in [0.3, 0.4) is 0 Å². The highest BCUT2D eigenvalue weighted by Crippen LogP contribution is 2.16. The largest absolute Gasteiger partial charge is 0.484 e. The number of halogens is 1. The molecule has 2 aromatic rings. The number of aromatic nitrogens is 2. The Bertz CT molecular complexity index is 502. The molecule has 94 valence electrons. The third kappa shape index (κ3) is 3.16. The Kier molecular flexibility index (Phi) is 4.06. The van der Waals surface area contributed by atoms with E-state index in [4.69, 9.17) is 4.74 Å². The monoisotopic (exact) mass is 247 g/mol. The van der Waals surface area contributed by atoms with Gasteiger partial charge in [0.1, 0.15) is 12.4 Å². The van der Waals surface area contributed by atoms with Crippen LogP contribution in [0, 0.1) is 5.82 Å². The number of hydrogen-bond donors (Lipinski definition) is 1. The van der Waals surface area contributed by atoms with Gasteiger partial charge in [-0.05, 0) is 19.1 Å². The van der Waals surface area contributed by atoms with Crippen LogP contribution in [0.2, 0.25) is 0 Å². The van der Waals surface area contributed by atoms with E-state index < -0.39 is 0 Å². The molecule has 5 heteroatoms. The molecule has 1 heterocycles. The maximum Gasteiger partial charge on any atom is 0.165 e. The van der Waals surface area contributed by atoms with Crippen LogP contribution in [0.15, 0.2) is 36.7 Å². The van der Waals surface area contributed by atoms with Crippen LogP contribution >= 0.6 is 0 Å². The molecule has 2 rings (SSSR count). The molecule has 0 aliphatic rings. The molecule has 0 radical (unpaired) electrons. The highest BCUT2D eigenvalue weighted by atomic mass is 19.1. The third-order valence-electron chi connectivity index (χ3n) is 2.28. The lowest BCUT2D eigenvalue weighted by Crippen LogP contribution is -2.03. The lowest BCUT2D eigenvalue weighted by molar-refractivity contribution is 0.285. The SMILES string of the molecule is CCNc1cnc(COc2ccccc2F)cn1. The summed E-state index contributed by atoms with van der Waals surface area (Å²) in [5.41, 5.74) is 0.653. The van der Waals surface area contributed by atoms with Crippen LogP contribution in [0.1, 0.15) is 12.6 Å². The molecule has 0 spiro atoms. The predicted octanol–water partition coefficient (Wildman–Crippen LogP) is 2.63. The van der Waals surface area contributed by atoms with Gasteiger partial charge in [0.25, 0.3) is 0 Å². The lowest BCUT2D eigenvalue weighted by Gasteiger charge is -2.07. The van der Waals surface area contributed by atoms with Gasteiger partial charge in [-0.15, -0.1) is 0 Å². The Balaban J connectivity index is 1.96. The molecular weight excluding hydrogens is 233 g/mol. The van der Waals surface area contributed by atoms with Gasteiger partial charge in [-0.25, -0.2) is 9.37 Å². The molecule has 0 fully saturated rings. The molecule has 0 unspecified atom stereocenters. The minimum absolute atomic E-state index is 0.195. The molecule has 0 saturated carbocycles. The molecule has 1 aromatic carbocycles. The lowest BCUT2D eigenvalue weighted by atomic mass is 10.3. The second-order valence-corrected chi connectivity index (χ2v) is 3.64. The van der Waals surface area contributed by atoms with E-state index in [-0.39, 0.29) is 18.2 Å². The summed E-state index contributed by atoms with van der Waals surface area (Å²) in [6.07, 6.45) is 3.24. The van der Waals surface area contributed by atoms with E-state index in [0.29, 0.717) is 11.5 Å². The Morgan fingerprint density at radius 2 is 2.06 bits per heavy atom. The molecule has 0 saturated heterocycles. The Hall–Kier alpha value is -2.17. The summed E-state index contributed by atoms with van der Waals surface area (Å²) in [5.74, 6) is 0.553. The van der Waals surface area contributed by atoms with Gasteiger partial charge in [0.2, 0.25) is 0 Å². The number of ether oxygens (including phenoxy) is 1. The van der Waals surface area contributed by atoms with Crippen molar-refractivity contribution in [2.24, 2.45) is 0 Å². The molecule has 4 nitrogen and oxygen atoms in total. The van der Waals surface area contributed by atoms with E-state index in [0.717, 1.165) is 6.54 Å². The highest BCUT2D eigenvalue weighted by molar-refractivity contribution is 5.30. The molecular formula is C13H14FN3O. The molecule has 0 aliphatic carbocycles. The number of para-hydroxylation sites is 1. The van der Waals surface area contributed by atoms with Crippen molar-refractivity contribution in [1.82, 2.24) is 9.97 Å². The smallest absolute Gasteiger partial charge is 0.165 e. The molecule has 0 aliphatic heterocycles. The maximum absolute atomic E-state index is 13.3. The first kappa shape index (κ1) is 12.3. The average molecular weight is 247 g/mol. The summed E-state index contributed by atoms with van der Waals surface area (Å²) >= 11 is 0. The van der Waals surface area contributed by atoms with Gasteiger partial charge in [-0.3, -0.25) is 4.98 Å². The zero-order valence-corrected chi connectivity index (χ0v) is 10.1. The van der Waals surface area contributed by atoms with Crippen LogP contribution in [-0.4, -0.2) is 16.5 Å². The number of nitrogens with one attached hydrogen (secondary N) is 1. The van der Waals surface area contributed by atoms with Crippen molar-refractivity contribution in [3.8, 4) is 5.75 Å². The van der Waals surface area contributed by atoms with Crippen molar-refractivity contribution < 1.29 is 9.13 Å². The van der Waals surface area contributed by atoms with Gasteiger partial charge < -0.3 is 10.1 Å². The molecule has 18 heavy (non-hydrogen) atoms. The average Bonchev–Trinajstić information content (AvgIpc) is 2.40. The topological polar surface area (TPSA) is 47.0 Å². The van der Waals surface area contributed by atoms with E-state index in [9.17, 15) is 4.39 Å². The van der Waals surface area contributed by atoms with E-state index in [1.165, 1.54) is 6.07 Å². The number of benzene rings is 1. The Morgan fingerprint density at radius 1 is 1.22 bits per heavy atom. The summed E-state index contributed by atoms with van der Waals surface area (Å²) in [6, 6.07) is 6.27. The van der Waals surface area contributed by atoms with Gasteiger partial charge in [0, 0.05) is 6.54 Å². The second-order valence-electron chi connectivity index (χ2n) is 3.64. The fourth-order valence-corrected chi connectivity index (χ4v) is 1.42. The Morgan fingerprint density at radius 3 is 2.72 bits per heavy atom. The molecule has 0 atom stereocenters. The number of rotatable bonds is 5. The molecule has 0 bridgehead atoms. The minimum atomic E-state index is -0.380. The van der Waals surface area contributed by atoms with Crippen LogP contribution in [-0.2, 0) is 6.61 Å². The quantitative estimate of drug-likeness (QED) is 0.882. The summed E-state index contributed by atoms with van der Waals surface area (Å²) < 4.78 is 18.6. The van der Waals surface area contributed by atoms with Gasteiger partial charge in [-0.2, -0.15) is 0 Å². The van der Waals surface area contributed by atoms with Crippen molar-refractivity contribution in [1.29, 1.82) is 0 Å². The third-order valence-corrected chi connectivity index (χ3v) is 2.28. The van der Waals surface area contributed by atoms with Gasteiger partial charge in [0.05, 0.1) is 18.1 Å². The standard InChI is InChI=1S/C13H14FN3O/c1-2-15-13-8-16-10(7-17-13)9-18-12-6-4-3-5-11(12)14/h3-8H,2,9H2,1H3,(H,15,17). The molecule has 0 amide bonds. The van der Waals surface area contributed by atoms with Crippen molar-refractivity contribution in [3.05, 3.63) is 48.2 Å². The van der Waals surface area contributed by atoms with Crippen molar-refractivity contribution in [2.75, 3.05) is 11.9 Å². The van der Waals surface area contributed by atoms with Crippen LogP contribution in [0.5, 0.6) is 5.75 Å². The van der Waals surface area contributed by atoms with E-state index in [2.05, 4.69) is 15.3 Å². The number of anilines is 1. The highest BCUT2D eigenvalue weighted by Gasteiger charge is 2.03. The van der Waals surface area contributed by atoms with Crippen molar-refractivity contribution in [2.45, 2.75) is 13.5 Å². The number of hydrogen-bond acceptors (Lipinski definition) is 4. The van der Waals surface area contributed by atoms with Gasteiger partial charge >= 0.3 is 0 Å². The van der Waals surface area contributed by atoms with E-state index >= 15 is 0 Å². The zero-order valence-electron chi connectivity index (χ0n) is 10.1. The maximum atomic E-state index is 13.3. The Labute approximate surface area is 105 Å². The summed E-state index contributed by atoms with van der Waals surface area (Å²) in [5, 5.41) is 3.04. The molecule has 1 N–H and O–H groups in total. The second kappa shape index (κ2) is 5.95. The first-order valence-corrected chi connectivity index (χ1v) is 5.71. The predicted molar refractivity (Wildman–Crippen MR) is 66.9 cm³/mol. The first-order chi connectivity index (χ1) is 8.79. The van der Waals surface area contributed by atoms with Crippen molar-refractivity contribution >= 4 is 5.82 Å². The summed E-state index contributed by atoms with van der Waals surface area (Å²) in [6.45, 7) is 2.97. The first-order valence-electron chi connectivity index (χ1n) is 5.71. The van der Waals surface area contributed by atoms with Gasteiger partial charge in [0.15, 0.2) is 11.6 Å². The fourth-order valence-electron chi connectivity index (χ4n) is 1.42. The van der Waals surface area contributed by atoms with E-state index in [1.807, 2.05) is 6.92 Å². The normalized spacial score (nSPS) is 10.1. The van der Waals surface area contributed by atoms with Crippen molar-refractivity contribution in [3.63, 3.8) is 0 Å². The zero-order chi connectivity index (χ0) is 12.8. The van der Waals surface area contributed by atoms with Crippen LogP contribution < -0.4 is 10.1 Å². The van der Waals surface area contributed by atoms with Crippen LogP contribution in [0.25, 0.3) is 0 Å². The van der Waals surface area contributed by atoms with Crippen LogP contribution in [0.4, 0.5) is 10.2 Å². The summed E-state index contributed by atoms with van der Waals surface area (Å²) in [7, 11) is 0. The summed E-state index contributed by atoms with van der Waals surface area (Å²) in [4.78, 5) is 8.33.